The molecule has 3 aliphatic rings. The van der Waals surface area contributed by atoms with Gasteiger partial charge in [-0.25, -0.2) is 0 Å². The Labute approximate surface area is 189 Å². The lowest BCUT2D eigenvalue weighted by atomic mass is 10.1. The normalized spacial score (nSPS) is 21.0. The Kier molecular flexibility index (Phi) is 6.12. The summed E-state index contributed by atoms with van der Waals surface area (Å²) in [5.74, 6) is 1.09. The maximum absolute atomic E-state index is 13.1. The first-order valence-electron chi connectivity index (χ1n) is 11.7. The van der Waals surface area contributed by atoms with Crippen molar-refractivity contribution in [3.8, 4) is 5.75 Å². The first-order chi connectivity index (χ1) is 15.7. The van der Waals surface area contributed by atoms with Crippen LogP contribution >= 0.6 is 0 Å². The molecule has 2 saturated heterocycles. The average Bonchev–Trinajstić information content (AvgIpc) is 3.44. The summed E-state index contributed by atoms with van der Waals surface area (Å²) in [6, 6.07) is 16.7. The molecule has 2 aromatic rings. The van der Waals surface area contributed by atoms with Crippen LogP contribution in [-0.4, -0.2) is 72.4 Å². The van der Waals surface area contributed by atoms with Crippen LogP contribution in [0.4, 0.5) is 0 Å². The van der Waals surface area contributed by atoms with Crippen molar-refractivity contribution in [1.82, 2.24) is 14.7 Å². The standard InChI is InChI=1S/C26H31N3O3/c30-25-17-23(19-29(25)10-8-20-4-2-1-3-5-20)26(31)28-13-11-27(12-14-28)18-21-6-7-24-22(16-21)9-15-32-24/h1-7,16,23H,8-15,17-19H2. The molecule has 0 N–H and O–H groups in total. The highest BCUT2D eigenvalue weighted by molar-refractivity contribution is 5.89. The van der Waals surface area contributed by atoms with E-state index in [-0.39, 0.29) is 17.7 Å². The predicted molar refractivity (Wildman–Crippen MR) is 122 cm³/mol. The fourth-order valence-corrected chi connectivity index (χ4v) is 5.04. The first-order valence-corrected chi connectivity index (χ1v) is 11.7. The van der Waals surface area contributed by atoms with Gasteiger partial charge in [-0.3, -0.25) is 14.5 Å². The smallest absolute Gasteiger partial charge is 0.228 e. The van der Waals surface area contributed by atoms with Crippen molar-refractivity contribution in [1.29, 1.82) is 0 Å². The molecule has 6 nitrogen and oxygen atoms in total. The SMILES string of the molecule is O=C1CC(C(=O)N2CCN(Cc3ccc4c(c3)CCO4)CC2)CN1CCc1ccccc1. The minimum atomic E-state index is -0.193. The van der Waals surface area contributed by atoms with Gasteiger partial charge in [0.1, 0.15) is 5.75 Å². The second-order valence-corrected chi connectivity index (χ2v) is 9.12. The molecule has 3 aliphatic heterocycles. The molecule has 0 saturated carbocycles. The van der Waals surface area contributed by atoms with Gasteiger partial charge < -0.3 is 14.5 Å². The van der Waals surface area contributed by atoms with E-state index < -0.39 is 0 Å². The highest BCUT2D eigenvalue weighted by Gasteiger charge is 2.37. The lowest BCUT2D eigenvalue weighted by Gasteiger charge is -2.36. The Morgan fingerprint density at radius 3 is 2.62 bits per heavy atom. The molecule has 32 heavy (non-hydrogen) atoms. The van der Waals surface area contributed by atoms with Crippen molar-refractivity contribution in [3.63, 3.8) is 0 Å². The number of rotatable bonds is 6. The van der Waals surface area contributed by atoms with Crippen molar-refractivity contribution in [3.05, 3.63) is 65.2 Å². The van der Waals surface area contributed by atoms with Gasteiger partial charge in [0.05, 0.1) is 12.5 Å². The van der Waals surface area contributed by atoms with E-state index in [0.29, 0.717) is 19.5 Å². The minimum absolute atomic E-state index is 0.110. The van der Waals surface area contributed by atoms with Gasteiger partial charge in [-0.2, -0.15) is 0 Å². The van der Waals surface area contributed by atoms with Gasteiger partial charge in [0, 0.05) is 58.7 Å². The summed E-state index contributed by atoms with van der Waals surface area (Å²) in [6.45, 7) is 6.16. The first kappa shape index (κ1) is 21.0. The van der Waals surface area contributed by atoms with Gasteiger partial charge in [-0.05, 0) is 29.2 Å². The van der Waals surface area contributed by atoms with Crippen LogP contribution in [0.1, 0.15) is 23.1 Å². The number of hydrogen-bond donors (Lipinski definition) is 0. The van der Waals surface area contributed by atoms with Gasteiger partial charge in [0.25, 0.3) is 0 Å². The van der Waals surface area contributed by atoms with Crippen LogP contribution < -0.4 is 4.74 Å². The summed E-state index contributed by atoms with van der Waals surface area (Å²) < 4.78 is 5.60. The number of hydrogen-bond acceptors (Lipinski definition) is 4. The van der Waals surface area contributed by atoms with E-state index in [9.17, 15) is 9.59 Å². The third-order valence-electron chi connectivity index (χ3n) is 6.92. The monoisotopic (exact) mass is 433 g/mol. The average molecular weight is 434 g/mol. The van der Waals surface area contributed by atoms with Gasteiger partial charge >= 0.3 is 0 Å². The molecule has 0 aromatic heterocycles. The molecule has 0 spiro atoms. The summed E-state index contributed by atoms with van der Waals surface area (Å²) in [4.78, 5) is 31.8. The van der Waals surface area contributed by atoms with Gasteiger partial charge in [-0.1, -0.05) is 42.5 Å². The lowest BCUT2D eigenvalue weighted by Crippen LogP contribution is -2.50. The number of ether oxygens (including phenoxy) is 1. The summed E-state index contributed by atoms with van der Waals surface area (Å²) in [6.07, 6.45) is 2.18. The molecule has 5 rings (SSSR count). The summed E-state index contributed by atoms with van der Waals surface area (Å²) >= 11 is 0. The van der Waals surface area contributed by atoms with Gasteiger partial charge in [0.2, 0.25) is 11.8 Å². The van der Waals surface area contributed by atoms with E-state index in [1.807, 2.05) is 28.0 Å². The van der Waals surface area contributed by atoms with E-state index in [1.54, 1.807) is 0 Å². The Bertz CT molecular complexity index is 970. The van der Waals surface area contributed by atoms with Crippen LogP contribution in [-0.2, 0) is 29.0 Å². The lowest BCUT2D eigenvalue weighted by molar-refractivity contribution is -0.137. The van der Waals surface area contributed by atoms with Crippen LogP contribution in [0.3, 0.4) is 0 Å². The number of nitrogens with zero attached hydrogens (tertiary/aromatic N) is 3. The topological polar surface area (TPSA) is 53.1 Å². The molecule has 2 fully saturated rings. The molecule has 168 valence electrons. The molecule has 0 radical (unpaired) electrons. The molecular formula is C26H31N3O3. The Morgan fingerprint density at radius 2 is 1.81 bits per heavy atom. The van der Waals surface area contributed by atoms with Crippen molar-refractivity contribution < 1.29 is 14.3 Å². The zero-order valence-corrected chi connectivity index (χ0v) is 18.5. The van der Waals surface area contributed by atoms with Crippen LogP contribution in [0.25, 0.3) is 0 Å². The Balaban J connectivity index is 1.09. The maximum atomic E-state index is 13.1. The van der Waals surface area contributed by atoms with Gasteiger partial charge in [0.15, 0.2) is 0 Å². The maximum Gasteiger partial charge on any atom is 0.228 e. The second-order valence-electron chi connectivity index (χ2n) is 9.12. The second kappa shape index (κ2) is 9.33. The number of likely N-dealkylation sites (tertiary alicyclic amines) is 1. The molecule has 1 atom stereocenters. The molecule has 6 heteroatoms. The van der Waals surface area contributed by atoms with Crippen molar-refractivity contribution in [2.45, 2.75) is 25.8 Å². The van der Waals surface area contributed by atoms with Crippen molar-refractivity contribution in [2.24, 2.45) is 5.92 Å². The third kappa shape index (κ3) is 4.65. The highest BCUT2D eigenvalue weighted by atomic mass is 16.5. The molecule has 2 aromatic carbocycles. The quantitative estimate of drug-likeness (QED) is 0.702. The number of piperazine rings is 1. The van der Waals surface area contributed by atoms with Crippen molar-refractivity contribution >= 4 is 11.8 Å². The summed E-state index contributed by atoms with van der Waals surface area (Å²) in [7, 11) is 0. The number of fused-ring (bicyclic) bond motifs is 1. The fraction of sp³-hybridized carbons (Fsp3) is 0.462. The molecule has 0 bridgehead atoms. The predicted octanol–water partition coefficient (Wildman–Crippen LogP) is 2.36. The number of amides is 2. The molecule has 1 unspecified atom stereocenters. The minimum Gasteiger partial charge on any atom is -0.493 e. The van der Waals surface area contributed by atoms with E-state index in [4.69, 9.17) is 4.74 Å². The van der Waals surface area contributed by atoms with Crippen LogP contribution in [0.2, 0.25) is 0 Å². The number of carbonyl (C=O) groups is 2. The van der Waals surface area contributed by atoms with E-state index in [0.717, 1.165) is 57.9 Å². The van der Waals surface area contributed by atoms with Gasteiger partial charge in [-0.15, -0.1) is 0 Å². The fourth-order valence-electron chi connectivity index (χ4n) is 5.04. The molecular weight excluding hydrogens is 402 g/mol. The molecule has 2 amide bonds. The summed E-state index contributed by atoms with van der Waals surface area (Å²) in [5.41, 5.74) is 3.84. The van der Waals surface area contributed by atoms with E-state index in [1.165, 1.54) is 16.7 Å². The highest BCUT2D eigenvalue weighted by Crippen LogP contribution is 2.27. The van der Waals surface area contributed by atoms with Crippen LogP contribution in [0.5, 0.6) is 5.75 Å². The van der Waals surface area contributed by atoms with Crippen LogP contribution in [0.15, 0.2) is 48.5 Å². The van der Waals surface area contributed by atoms with E-state index >= 15 is 0 Å². The molecule has 3 heterocycles. The van der Waals surface area contributed by atoms with Crippen molar-refractivity contribution in [2.75, 3.05) is 45.9 Å². The van der Waals surface area contributed by atoms with Crippen LogP contribution in [0, 0.1) is 5.92 Å². The Morgan fingerprint density at radius 1 is 1.00 bits per heavy atom. The van der Waals surface area contributed by atoms with E-state index in [2.05, 4.69) is 35.2 Å². The zero-order chi connectivity index (χ0) is 21.9. The Hall–Kier alpha value is -2.86. The zero-order valence-electron chi connectivity index (χ0n) is 18.5. The summed E-state index contributed by atoms with van der Waals surface area (Å²) in [5, 5.41) is 0. The molecule has 0 aliphatic carbocycles. The third-order valence-corrected chi connectivity index (χ3v) is 6.92. The number of benzene rings is 2. The largest absolute Gasteiger partial charge is 0.493 e. The number of carbonyl (C=O) groups excluding carboxylic acids is 2.